The number of halogens is 1. The van der Waals surface area contributed by atoms with E-state index in [-0.39, 0.29) is 5.91 Å². The van der Waals surface area contributed by atoms with E-state index in [0.29, 0.717) is 35.0 Å². The summed E-state index contributed by atoms with van der Waals surface area (Å²) in [5, 5.41) is 15.9. The largest absolute Gasteiger partial charge is 0.497 e. The molecule has 0 unspecified atom stereocenters. The van der Waals surface area contributed by atoms with Crippen molar-refractivity contribution in [2.24, 2.45) is 5.92 Å². The molecule has 0 radical (unpaired) electrons. The van der Waals surface area contributed by atoms with Crippen molar-refractivity contribution in [3.05, 3.63) is 79.0 Å². The van der Waals surface area contributed by atoms with Gasteiger partial charge in [0, 0.05) is 52.3 Å². The fourth-order valence-electron chi connectivity index (χ4n) is 5.85. The highest BCUT2D eigenvalue weighted by Crippen LogP contribution is 2.35. The summed E-state index contributed by atoms with van der Waals surface area (Å²) < 4.78 is 19.6. The molecule has 1 saturated heterocycles. The molecule has 4 N–H and O–H groups in total. The molecule has 10 heteroatoms. The summed E-state index contributed by atoms with van der Waals surface area (Å²) in [6.07, 6.45) is 7.72. The summed E-state index contributed by atoms with van der Waals surface area (Å²) in [5.41, 5.74) is 7.05. The maximum Gasteiger partial charge on any atom is 0.224 e. The molecule has 6 aromatic rings. The molecule has 9 nitrogen and oxygen atoms in total. The molecule has 0 saturated carbocycles. The Labute approximate surface area is 246 Å². The Morgan fingerprint density at radius 1 is 0.953 bits per heavy atom. The van der Waals surface area contributed by atoms with Gasteiger partial charge in [0.25, 0.3) is 0 Å². The number of aromatic amines is 2. The van der Waals surface area contributed by atoms with Gasteiger partial charge in [-0.05, 0) is 79.9 Å². The third-order valence-electron chi connectivity index (χ3n) is 8.03. The van der Waals surface area contributed by atoms with Gasteiger partial charge in [-0.2, -0.15) is 5.10 Å². The average molecular weight is 576 g/mol. The zero-order chi connectivity index (χ0) is 29.3. The Hall–Kier alpha value is -5.09. The number of nitrogens with one attached hydrogen (secondary N) is 4. The Morgan fingerprint density at radius 3 is 2.67 bits per heavy atom. The Kier molecular flexibility index (Phi) is 7.04. The van der Waals surface area contributed by atoms with Crippen molar-refractivity contribution in [1.29, 1.82) is 0 Å². The summed E-state index contributed by atoms with van der Waals surface area (Å²) in [5.74, 6) is 0.459. The molecule has 0 atom stereocenters. The number of ether oxygens (including phenoxy) is 1. The van der Waals surface area contributed by atoms with Crippen LogP contribution < -0.4 is 15.4 Å². The van der Waals surface area contributed by atoms with E-state index in [2.05, 4.69) is 41.8 Å². The number of carbonyl (C=O) groups is 1. The molecule has 5 heterocycles. The van der Waals surface area contributed by atoms with E-state index in [9.17, 15) is 9.18 Å². The first-order valence-electron chi connectivity index (χ1n) is 14.3. The van der Waals surface area contributed by atoms with Gasteiger partial charge in [-0.25, -0.2) is 4.39 Å². The van der Waals surface area contributed by atoms with Gasteiger partial charge in [0.2, 0.25) is 5.91 Å². The SMILES string of the molecule is COc1cc(F)cc(-c2nccc3[nH]c(-c4n[nH]c5ccc(-c6cncc(NC(=O)CC7CCNCC7)c6)cc45)cc23)c1. The van der Waals surface area contributed by atoms with Crippen molar-refractivity contribution in [3.8, 4) is 39.5 Å². The molecule has 0 spiro atoms. The zero-order valence-corrected chi connectivity index (χ0v) is 23.6. The van der Waals surface area contributed by atoms with Crippen LogP contribution in [0.5, 0.6) is 5.75 Å². The van der Waals surface area contributed by atoms with Gasteiger partial charge in [0.1, 0.15) is 17.3 Å². The van der Waals surface area contributed by atoms with Crippen LogP contribution in [0.2, 0.25) is 0 Å². The number of H-pyrrole nitrogens is 2. The van der Waals surface area contributed by atoms with Crippen LogP contribution in [-0.4, -0.2) is 51.3 Å². The number of methoxy groups -OCH3 is 1. The summed E-state index contributed by atoms with van der Waals surface area (Å²) in [4.78, 5) is 25.1. The summed E-state index contributed by atoms with van der Waals surface area (Å²) in [6, 6.07) is 16.4. The minimum atomic E-state index is -0.394. The molecular weight excluding hydrogens is 545 g/mol. The van der Waals surface area contributed by atoms with E-state index >= 15 is 0 Å². The van der Waals surface area contributed by atoms with Crippen LogP contribution >= 0.6 is 0 Å². The standard InChI is InChI=1S/C33H30FN7O2/c1-43-25-13-21(11-23(34)15-25)32-27-16-30(39-28(27)6-9-37-32)33-26-14-20(2-3-29(26)40-41-33)22-12-24(18-36-17-22)38-31(42)10-19-4-7-35-8-5-19/h2-3,6,9,11-19,35,39H,4-5,7-8,10H2,1H3,(H,38,42)(H,40,41). The molecule has 216 valence electrons. The maximum atomic E-state index is 14.3. The van der Waals surface area contributed by atoms with E-state index < -0.39 is 5.82 Å². The van der Waals surface area contributed by atoms with Crippen LogP contribution in [0.4, 0.5) is 10.1 Å². The number of rotatable bonds is 7. The Morgan fingerprint density at radius 2 is 1.81 bits per heavy atom. The van der Waals surface area contributed by atoms with Crippen LogP contribution in [0.3, 0.4) is 0 Å². The first-order chi connectivity index (χ1) is 21.0. The molecule has 1 amide bonds. The molecule has 0 bridgehead atoms. The predicted molar refractivity (Wildman–Crippen MR) is 165 cm³/mol. The van der Waals surface area contributed by atoms with Gasteiger partial charge in [-0.3, -0.25) is 19.9 Å². The van der Waals surface area contributed by atoms with E-state index in [1.807, 2.05) is 30.3 Å². The van der Waals surface area contributed by atoms with Crippen molar-refractivity contribution in [2.45, 2.75) is 19.3 Å². The number of hydrogen-bond donors (Lipinski definition) is 4. The number of anilines is 1. The van der Waals surface area contributed by atoms with Crippen molar-refractivity contribution >= 4 is 33.4 Å². The highest BCUT2D eigenvalue weighted by atomic mass is 19.1. The van der Waals surface area contributed by atoms with Gasteiger partial charge in [-0.1, -0.05) is 6.07 Å². The van der Waals surface area contributed by atoms with Gasteiger partial charge in [0.05, 0.1) is 35.9 Å². The number of carbonyl (C=O) groups excluding carboxylic acids is 1. The first kappa shape index (κ1) is 26.8. The number of piperidine rings is 1. The molecular formula is C33H30FN7O2. The van der Waals surface area contributed by atoms with Crippen molar-refractivity contribution < 1.29 is 13.9 Å². The van der Waals surface area contributed by atoms with E-state index in [1.54, 1.807) is 24.7 Å². The Balaban J connectivity index is 1.20. The van der Waals surface area contributed by atoms with Crippen LogP contribution in [0.25, 0.3) is 55.6 Å². The fraction of sp³-hybridized carbons (Fsp3) is 0.212. The lowest BCUT2D eigenvalue weighted by Gasteiger charge is -2.21. The monoisotopic (exact) mass is 575 g/mol. The van der Waals surface area contributed by atoms with Crippen LogP contribution in [0, 0.1) is 11.7 Å². The highest BCUT2D eigenvalue weighted by molar-refractivity contribution is 6.01. The second kappa shape index (κ2) is 11.3. The molecule has 2 aromatic carbocycles. The van der Waals surface area contributed by atoms with Gasteiger partial charge in [0.15, 0.2) is 0 Å². The van der Waals surface area contributed by atoms with Crippen molar-refractivity contribution in [2.75, 3.05) is 25.5 Å². The van der Waals surface area contributed by atoms with Gasteiger partial charge >= 0.3 is 0 Å². The van der Waals surface area contributed by atoms with Gasteiger partial charge < -0.3 is 20.4 Å². The molecule has 1 aliphatic heterocycles. The molecule has 1 aliphatic rings. The van der Waals surface area contributed by atoms with Gasteiger partial charge in [-0.15, -0.1) is 0 Å². The number of hydrogen-bond acceptors (Lipinski definition) is 6. The summed E-state index contributed by atoms with van der Waals surface area (Å²) in [7, 11) is 1.51. The number of benzene rings is 2. The van der Waals surface area contributed by atoms with E-state index in [0.717, 1.165) is 70.3 Å². The lowest BCUT2D eigenvalue weighted by Crippen LogP contribution is -2.30. The normalized spacial score (nSPS) is 13.9. The quantitative estimate of drug-likeness (QED) is 0.177. The topological polar surface area (TPSA) is 121 Å². The number of fused-ring (bicyclic) bond motifs is 2. The number of pyridine rings is 2. The fourth-order valence-corrected chi connectivity index (χ4v) is 5.85. The third kappa shape index (κ3) is 5.44. The summed E-state index contributed by atoms with van der Waals surface area (Å²) >= 11 is 0. The predicted octanol–water partition coefficient (Wildman–Crippen LogP) is 6.31. The maximum absolute atomic E-state index is 14.3. The van der Waals surface area contributed by atoms with Crippen LogP contribution in [0.1, 0.15) is 19.3 Å². The smallest absolute Gasteiger partial charge is 0.224 e. The van der Waals surface area contributed by atoms with Crippen LogP contribution in [0.15, 0.2) is 73.2 Å². The first-order valence-corrected chi connectivity index (χ1v) is 14.3. The third-order valence-corrected chi connectivity index (χ3v) is 8.03. The minimum Gasteiger partial charge on any atom is -0.497 e. The Bertz CT molecular complexity index is 1960. The zero-order valence-electron chi connectivity index (χ0n) is 23.6. The molecule has 0 aliphatic carbocycles. The molecule has 1 fully saturated rings. The van der Waals surface area contributed by atoms with E-state index in [4.69, 9.17) is 4.74 Å². The number of amides is 1. The highest BCUT2D eigenvalue weighted by Gasteiger charge is 2.18. The molecule has 4 aromatic heterocycles. The number of nitrogens with zero attached hydrogens (tertiary/aromatic N) is 3. The minimum absolute atomic E-state index is 0.0165. The second-order valence-corrected chi connectivity index (χ2v) is 10.9. The molecule has 43 heavy (non-hydrogen) atoms. The second-order valence-electron chi connectivity index (χ2n) is 10.9. The number of aromatic nitrogens is 5. The average Bonchev–Trinajstić information content (AvgIpc) is 3.65. The lowest BCUT2D eigenvalue weighted by atomic mass is 9.94. The van der Waals surface area contributed by atoms with E-state index in [1.165, 1.54) is 19.2 Å². The van der Waals surface area contributed by atoms with Crippen LogP contribution in [-0.2, 0) is 4.79 Å². The molecule has 7 rings (SSSR count). The van der Waals surface area contributed by atoms with Crippen molar-refractivity contribution in [3.63, 3.8) is 0 Å². The lowest BCUT2D eigenvalue weighted by molar-refractivity contribution is -0.117. The van der Waals surface area contributed by atoms with Crippen molar-refractivity contribution in [1.82, 2.24) is 30.5 Å². The summed E-state index contributed by atoms with van der Waals surface area (Å²) in [6.45, 7) is 1.93.